The lowest BCUT2D eigenvalue weighted by Crippen LogP contribution is -2.40. The van der Waals surface area contributed by atoms with Crippen molar-refractivity contribution in [2.75, 3.05) is 6.54 Å². The summed E-state index contributed by atoms with van der Waals surface area (Å²) < 4.78 is 1.77. The summed E-state index contributed by atoms with van der Waals surface area (Å²) in [6, 6.07) is 1.87. The minimum Gasteiger partial charge on any atom is -0.348 e. The van der Waals surface area contributed by atoms with Gasteiger partial charge in [0.25, 0.3) is 5.91 Å². The van der Waals surface area contributed by atoms with E-state index in [1.54, 1.807) is 0 Å². The van der Waals surface area contributed by atoms with Crippen molar-refractivity contribution in [1.82, 2.24) is 5.32 Å². The number of thiophene rings is 1. The zero-order valence-corrected chi connectivity index (χ0v) is 12.9. The summed E-state index contributed by atoms with van der Waals surface area (Å²) in [5.41, 5.74) is 6.25. The molecule has 0 aliphatic heterocycles. The van der Waals surface area contributed by atoms with Gasteiger partial charge in [-0.3, -0.25) is 4.79 Å². The highest BCUT2D eigenvalue weighted by Gasteiger charge is 2.16. The van der Waals surface area contributed by atoms with Crippen molar-refractivity contribution < 1.29 is 4.79 Å². The van der Waals surface area contributed by atoms with E-state index in [1.807, 2.05) is 6.07 Å². The van der Waals surface area contributed by atoms with Gasteiger partial charge in [-0.1, -0.05) is 13.3 Å². The van der Waals surface area contributed by atoms with Crippen molar-refractivity contribution in [1.29, 1.82) is 0 Å². The Morgan fingerprint density at radius 3 is 2.75 bits per heavy atom. The molecular weight excluding hydrogens is 356 g/mol. The molecule has 0 aliphatic carbocycles. The molecule has 0 aromatic carbocycles. The fraction of sp³-hybridized carbons (Fsp3) is 0.500. The summed E-state index contributed by atoms with van der Waals surface area (Å²) in [4.78, 5) is 11.9. The van der Waals surface area contributed by atoms with Crippen LogP contribution >= 0.6 is 43.2 Å². The second kappa shape index (κ2) is 6.74. The van der Waals surface area contributed by atoms with Crippen LogP contribution in [0.4, 0.5) is 0 Å². The quantitative estimate of drug-likeness (QED) is 0.837. The van der Waals surface area contributed by atoms with Gasteiger partial charge in [-0.25, -0.2) is 0 Å². The fourth-order valence-electron chi connectivity index (χ4n) is 1.36. The third kappa shape index (κ3) is 3.84. The molecule has 0 bridgehead atoms. The maximum absolute atomic E-state index is 11.9. The lowest BCUT2D eigenvalue weighted by atomic mass is 10.1. The Kier molecular flexibility index (Phi) is 5.96. The maximum Gasteiger partial charge on any atom is 0.253 e. The van der Waals surface area contributed by atoms with Gasteiger partial charge in [0.15, 0.2) is 0 Å². The van der Waals surface area contributed by atoms with Crippen molar-refractivity contribution in [3.8, 4) is 0 Å². The molecular formula is C10H14Br2N2OS. The van der Waals surface area contributed by atoms with Crippen LogP contribution in [0.5, 0.6) is 0 Å². The maximum atomic E-state index is 11.9. The zero-order valence-electron chi connectivity index (χ0n) is 8.93. The first kappa shape index (κ1) is 14.2. The zero-order chi connectivity index (χ0) is 12.1. The first-order valence-corrected chi connectivity index (χ1v) is 7.44. The summed E-state index contributed by atoms with van der Waals surface area (Å²) in [5, 5.41) is 2.93. The van der Waals surface area contributed by atoms with E-state index < -0.39 is 0 Å². The van der Waals surface area contributed by atoms with E-state index in [-0.39, 0.29) is 11.9 Å². The molecule has 0 radical (unpaired) electrons. The molecule has 6 heteroatoms. The summed E-state index contributed by atoms with van der Waals surface area (Å²) in [6.07, 6.45) is 1.92. The predicted octanol–water partition coefficient (Wildman–Crippen LogP) is 3.13. The molecule has 1 atom stereocenters. The van der Waals surface area contributed by atoms with E-state index in [0.717, 1.165) is 20.4 Å². The topological polar surface area (TPSA) is 55.1 Å². The third-order valence-corrected chi connectivity index (χ3v) is 4.50. The molecule has 90 valence electrons. The molecule has 1 unspecified atom stereocenters. The number of nitrogens with one attached hydrogen (secondary N) is 1. The van der Waals surface area contributed by atoms with Crippen molar-refractivity contribution in [3.63, 3.8) is 0 Å². The Bertz CT molecular complexity index is 368. The molecule has 1 rings (SSSR count). The van der Waals surface area contributed by atoms with E-state index in [0.29, 0.717) is 12.1 Å². The summed E-state index contributed by atoms with van der Waals surface area (Å²) >= 11 is 8.20. The molecule has 0 spiro atoms. The second-order valence-corrected chi connectivity index (χ2v) is 7.18. The first-order chi connectivity index (χ1) is 7.58. The highest BCUT2D eigenvalue weighted by molar-refractivity contribution is 9.12. The minimum atomic E-state index is -0.0716. The number of hydrogen-bond acceptors (Lipinski definition) is 3. The average molecular weight is 370 g/mol. The van der Waals surface area contributed by atoms with Gasteiger partial charge in [0.2, 0.25) is 0 Å². The Morgan fingerprint density at radius 2 is 2.31 bits per heavy atom. The molecule has 1 aromatic heterocycles. The van der Waals surface area contributed by atoms with Crippen molar-refractivity contribution >= 4 is 49.1 Å². The number of amides is 1. The van der Waals surface area contributed by atoms with Gasteiger partial charge in [0.1, 0.15) is 0 Å². The van der Waals surface area contributed by atoms with Gasteiger partial charge in [-0.15, -0.1) is 11.3 Å². The standard InChI is InChI=1S/C10H14Br2N2OS/c1-2-3-6(5-13)14-10(15)7-4-8(11)16-9(7)12/h4,6H,2-3,5,13H2,1H3,(H,14,15). The van der Waals surface area contributed by atoms with Crippen LogP contribution in [0.1, 0.15) is 30.1 Å². The van der Waals surface area contributed by atoms with Crippen molar-refractivity contribution in [2.45, 2.75) is 25.8 Å². The monoisotopic (exact) mass is 368 g/mol. The van der Waals surface area contributed by atoms with E-state index in [2.05, 4.69) is 44.1 Å². The van der Waals surface area contributed by atoms with Gasteiger partial charge in [0, 0.05) is 12.6 Å². The van der Waals surface area contributed by atoms with E-state index in [1.165, 1.54) is 11.3 Å². The van der Waals surface area contributed by atoms with Crippen LogP contribution in [0.15, 0.2) is 13.6 Å². The van der Waals surface area contributed by atoms with Gasteiger partial charge in [-0.2, -0.15) is 0 Å². The Balaban J connectivity index is 2.67. The van der Waals surface area contributed by atoms with Gasteiger partial charge in [0.05, 0.1) is 13.1 Å². The molecule has 1 heterocycles. The third-order valence-electron chi connectivity index (χ3n) is 2.16. The van der Waals surface area contributed by atoms with Crippen molar-refractivity contribution in [2.24, 2.45) is 5.73 Å². The molecule has 16 heavy (non-hydrogen) atoms. The SMILES string of the molecule is CCCC(CN)NC(=O)c1cc(Br)sc1Br. The van der Waals surface area contributed by atoms with E-state index in [4.69, 9.17) is 5.73 Å². The summed E-state index contributed by atoms with van der Waals surface area (Å²) in [6.45, 7) is 2.55. The number of halogens is 2. The van der Waals surface area contributed by atoms with Crippen LogP contribution < -0.4 is 11.1 Å². The molecule has 1 aromatic rings. The second-order valence-electron chi connectivity index (χ2n) is 3.43. The van der Waals surface area contributed by atoms with Crippen LogP contribution in [0.2, 0.25) is 0 Å². The van der Waals surface area contributed by atoms with Crippen LogP contribution in [0.25, 0.3) is 0 Å². The number of rotatable bonds is 5. The molecule has 1 amide bonds. The van der Waals surface area contributed by atoms with Gasteiger partial charge >= 0.3 is 0 Å². The van der Waals surface area contributed by atoms with Crippen LogP contribution in [0.3, 0.4) is 0 Å². The predicted molar refractivity (Wildman–Crippen MR) is 74.9 cm³/mol. The molecule has 3 nitrogen and oxygen atoms in total. The summed E-state index contributed by atoms with van der Waals surface area (Å²) in [7, 11) is 0. The van der Waals surface area contributed by atoms with E-state index >= 15 is 0 Å². The Labute approximate surface area is 116 Å². The fourth-order valence-corrected chi connectivity index (χ4v) is 4.15. The minimum absolute atomic E-state index is 0.0584. The summed E-state index contributed by atoms with van der Waals surface area (Å²) in [5.74, 6) is -0.0716. The van der Waals surface area contributed by atoms with Crippen LogP contribution in [-0.2, 0) is 0 Å². The van der Waals surface area contributed by atoms with Gasteiger partial charge < -0.3 is 11.1 Å². The van der Waals surface area contributed by atoms with E-state index in [9.17, 15) is 4.79 Å². The van der Waals surface area contributed by atoms with Crippen LogP contribution in [0, 0.1) is 0 Å². The van der Waals surface area contributed by atoms with Crippen LogP contribution in [-0.4, -0.2) is 18.5 Å². The normalized spacial score (nSPS) is 12.5. The largest absolute Gasteiger partial charge is 0.348 e. The lowest BCUT2D eigenvalue weighted by molar-refractivity contribution is 0.0936. The number of carbonyl (C=O) groups is 1. The van der Waals surface area contributed by atoms with Gasteiger partial charge in [-0.05, 0) is 44.3 Å². The molecule has 0 aliphatic rings. The smallest absolute Gasteiger partial charge is 0.253 e. The highest BCUT2D eigenvalue weighted by atomic mass is 79.9. The molecule has 0 fully saturated rings. The Morgan fingerprint density at radius 1 is 1.62 bits per heavy atom. The molecule has 0 saturated heterocycles. The average Bonchev–Trinajstić information content (AvgIpc) is 2.57. The number of hydrogen-bond donors (Lipinski definition) is 2. The molecule has 0 saturated carbocycles. The highest BCUT2D eigenvalue weighted by Crippen LogP contribution is 2.31. The van der Waals surface area contributed by atoms with Crippen molar-refractivity contribution in [3.05, 3.63) is 19.2 Å². The molecule has 3 N–H and O–H groups in total. The number of carbonyl (C=O) groups excluding carboxylic acids is 1. The first-order valence-electron chi connectivity index (χ1n) is 5.04. The lowest BCUT2D eigenvalue weighted by Gasteiger charge is -2.15. The Hall–Kier alpha value is 0.0900. The number of nitrogens with two attached hydrogens (primary N) is 1.